The van der Waals surface area contributed by atoms with Gasteiger partial charge in [0.05, 0.1) is 0 Å². The molecule has 1 aliphatic carbocycles. The molecule has 2 rings (SSSR count). The average molecular weight is 154 g/mol. The fourth-order valence-corrected chi connectivity index (χ4v) is 2.17. The van der Waals surface area contributed by atoms with E-state index in [-0.39, 0.29) is 0 Å². The van der Waals surface area contributed by atoms with Crippen molar-refractivity contribution in [1.29, 1.82) is 0 Å². The number of ketones is 1. The topological polar surface area (TPSA) is 26.3 Å². The molecule has 0 amide bonds. The summed E-state index contributed by atoms with van der Waals surface area (Å²) in [7, 11) is 0. The highest BCUT2D eigenvalue weighted by Crippen LogP contribution is 2.33. The minimum absolute atomic E-state index is 0.466. The van der Waals surface area contributed by atoms with Crippen molar-refractivity contribution in [3.05, 3.63) is 0 Å². The zero-order valence-corrected chi connectivity index (χ0v) is 6.71. The van der Waals surface area contributed by atoms with Gasteiger partial charge in [-0.15, -0.1) is 0 Å². The van der Waals surface area contributed by atoms with Gasteiger partial charge in [0.25, 0.3) is 0 Å². The van der Waals surface area contributed by atoms with Crippen molar-refractivity contribution in [2.24, 2.45) is 11.8 Å². The van der Waals surface area contributed by atoms with Crippen LogP contribution >= 0.6 is 0 Å². The molecule has 2 fully saturated rings. The Kier molecular flexibility index (Phi) is 1.95. The van der Waals surface area contributed by atoms with Crippen LogP contribution < -0.4 is 0 Å². The van der Waals surface area contributed by atoms with Crippen LogP contribution in [0.15, 0.2) is 0 Å². The third-order valence-electron chi connectivity index (χ3n) is 2.92. The first-order valence-electron chi connectivity index (χ1n) is 4.45. The number of hydrogen-bond acceptors (Lipinski definition) is 2. The van der Waals surface area contributed by atoms with Crippen LogP contribution in [0.2, 0.25) is 0 Å². The Morgan fingerprint density at radius 3 is 3.09 bits per heavy atom. The third-order valence-corrected chi connectivity index (χ3v) is 2.92. The number of carbonyl (C=O) groups excluding carboxylic acids is 1. The predicted octanol–water partition coefficient (Wildman–Crippen LogP) is 1.39. The molecule has 1 aliphatic heterocycles. The van der Waals surface area contributed by atoms with E-state index in [1.54, 1.807) is 0 Å². The maximum Gasteiger partial charge on any atom is 0.133 e. The molecule has 0 radical (unpaired) electrons. The van der Waals surface area contributed by atoms with Gasteiger partial charge >= 0.3 is 0 Å². The van der Waals surface area contributed by atoms with Crippen molar-refractivity contribution in [2.75, 3.05) is 13.2 Å². The summed E-state index contributed by atoms with van der Waals surface area (Å²) in [5, 5.41) is 0. The molecule has 2 nitrogen and oxygen atoms in total. The van der Waals surface area contributed by atoms with Crippen molar-refractivity contribution in [2.45, 2.75) is 25.7 Å². The second kappa shape index (κ2) is 2.94. The van der Waals surface area contributed by atoms with Gasteiger partial charge in [0.15, 0.2) is 0 Å². The lowest BCUT2D eigenvalue weighted by Gasteiger charge is -2.34. The molecule has 2 heteroatoms. The van der Waals surface area contributed by atoms with E-state index in [4.69, 9.17) is 4.74 Å². The first-order valence-corrected chi connectivity index (χ1v) is 4.45. The van der Waals surface area contributed by atoms with E-state index in [9.17, 15) is 4.79 Å². The molecule has 1 saturated heterocycles. The number of hydrogen-bond donors (Lipinski definition) is 0. The molecule has 2 unspecified atom stereocenters. The molecular formula is C9H14O2. The predicted molar refractivity (Wildman–Crippen MR) is 41.3 cm³/mol. The lowest BCUT2D eigenvalue weighted by molar-refractivity contribution is -0.125. The molecule has 0 spiro atoms. The summed E-state index contributed by atoms with van der Waals surface area (Å²) in [6, 6.07) is 0. The maximum atomic E-state index is 11.1. The minimum atomic E-state index is 0.466. The van der Waals surface area contributed by atoms with Gasteiger partial charge < -0.3 is 4.74 Å². The van der Waals surface area contributed by atoms with Gasteiger partial charge in [0.2, 0.25) is 0 Å². The van der Waals surface area contributed by atoms with E-state index in [1.807, 2.05) is 0 Å². The number of Topliss-reactive ketones (excluding diaryl/α,β-unsaturated/α-hetero) is 1. The van der Waals surface area contributed by atoms with Gasteiger partial charge in [-0.1, -0.05) is 0 Å². The summed E-state index contributed by atoms with van der Waals surface area (Å²) in [6.07, 6.45) is 3.80. The van der Waals surface area contributed by atoms with Crippen LogP contribution in [0.3, 0.4) is 0 Å². The van der Waals surface area contributed by atoms with E-state index < -0.39 is 0 Å². The fraction of sp³-hybridized carbons (Fsp3) is 0.889. The minimum Gasteiger partial charge on any atom is -0.381 e. The molecule has 62 valence electrons. The fourth-order valence-electron chi connectivity index (χ4n) is 2.17. The molecule has 0 aromatic heterocycles. The smallest absolute Gasteiger partial charge is 0.133 e. The first-order chi connectivity index (χ1) is 5.36. The second-order valence-corrected chi connectivity index (χ2v) is 3.67. The standard InChI is InChI=1S/C9H14O2/c10-9-2-1-8-6-11-4-3-7(8)5-9/h7-8H,1-6H2. The highest BCUT2D eigenvalue weighted by Gasteiger charge is 2.31. The number of ether oxygens (including phenoxy) is 1. The molecule has 0 aromatic carbocycles. The largest absolute Gasteiger partial charge is 0.381 e. The van der Waals surface area contributed by atoms with Crippen LogP contribution in [0.5, 0.6) is 0 Å². The number of rotatable bonds is 0. The molecule has 0 N–H and O–H groups in total. The number of fused-ring (bicyclic) bond motifs is 1. The second-order valence-electron chi connectivity index (χ2n) is 3.67. The van der Waals surface area contributed by atoms with Crippen LogP contribution in [0, 0.1) is 11.8 Å². The van der Waals surface area contributed by atoms with Crippen LogP contribution in [0.4, 0.5) is 0 Å². The molecule has 2 atom stereocenters. The van der Waals surface area contributed by atoms with Gasteiger partial charge in [-0.3, -0.25) is 4.79 Å². The Balaban J connectivity index is 1.98. The Hall–Kier alpha value is -0.370. The van der Waals surface area contributed by atoms with E-state index in [2.05, 4.69) is 0 Å². The zero-order valence-electron chi connectivity index (χ0n) is 6.71. The molecule has 11 heavy (non-hydrogen) atoms. The summed E-state index contributed by atoms with van der Waals surface area (Å²) in [5.74, 6) is 1.82. The van der Waals surface area contributed by atoms with Crippen LogP contribution in [0.1, 0.15) is 25.7 Å². The quantitative estimate of drug-likeness (QED) is 0.527. The SMILES string of the molecule is O=C1CCC2COCCC2C1. The molecule has 0 bridgehead atoms. The van der Waals surface area contributed by atoms with E-state index in [0.717, 1.165) is 38.9 Å². The van der Waals surface area contributed by atoms with Crippen molar-refractivity contribution in [3.8, 4) is 0 Å². The molecule has 0 aromatic rings. The monoisotopic (exact) mass is 154 g/mol. The van der Waals surface area contributed by atoms with Crippen molar-refractivity contribution >= 4 is 5.78 Å². The summed E-state index contributed by atoms with van der Waals surface area (Å²) in [5.41, 5.74) is 0. The Morgan fingerprint density at radius 2 is 2.18 bits per heavy atom. The van der Waals surface area contributed by atoms with Crippen LogP contribution in [-0.4, -0.2) is 19.0 Å². The third kappa shape index (κ3) is 1.45. The van der Waals surface area contributed by atoms with Crippen LogP contribution in [-0.2, 0) is 9.53 Å². The van der Waals surface area contributed by atoms with E-state index in [0.29, 0.717) is 17.6 Å². The Morgan fingerprint density at radius 1 is 1.27 bits per heavy atom. The van der Waals surface area contributed by atoms with Gasteiger partial charge in [-0.05, 0) is 24.7 Å². The lowest BCUT2D eigenvalue weighted by atomic mass is 9.76. The van der Waals surface area contributed by atoms with Crippen molar-refractivity contribution in [3.63, 3.8) is 0 Å². The molecule has 2 aliphatic rings. The van der Waals surface area contributed by atoms with Gasteiger partial charge in [-0.2, -0.15) is 0 Å². The van der Waals surface area contributed by atoms with Gasteiger partial charge in [-0.25, -0.2) is 0 Å². The van der Waals surface area contributed by atoms with Gasteiger partial charge in [0, 0.05) is 26.1 Å². The highest BCUT2D eigenvalue weighted by atomic mass is 16.5. The first kappa shape index (κ1) is 7.29. The summed E-state index contributed by atoms with van der Waals surface area (Å²) < 4.78 is 5.36. The molecular weight excluding hydrogens is 140 g/mol. The van der Waals surface area contributed by atoms with Crippen molar-refractivity contribution in [1.82, 2.24) is 0 Å². The summed E-state index contributed by atoms with van der Waals surface area (Å²) in [4.78, 5) is 11.1. The molecule has 1 saturated carbocycles. The molecule has 1 heterocycles. The van der Waals surface area contributed by atoms with Crippen LogP contribution in [0.25, 0.3) is 0 Å². The van der Waals surface area contributed by atoms with E-state index >= 15 is 0 Å². The Labute approximate surface area is 66.9 Å². The number of carbonyl (C=O) groups is 1. The van der Waals surface area contributed by atoms with Gasteiger partial charge in [0.1, 0.15) is 5.78 Å². The normalized spacial score (nSPS) is 38.4. The summed E-state index contributed by atoms with van der Waals surface area (Å²) >= 11 is 0. The zero-order chi connectivity index (χ0) is 7.68. The van der Waals surface area contributed by atoms with Crippen molar-refractivity contribution < 1.29 is 9.53 Å². The Bertz CT molecular complexity index is 165. The summed E-state index contributed by atoms with van der Waals surface area (Å²) in [6.45, 7) is 1.77. The lowest BCUT2D eigenvalue weighted by Crippen LogP contribution is -2.33. The average Bonchev–Trinajstić information content (AvgIpc) is 2.04. The maximum absolute atomic E-state index is 11.1. The highest BCUT2D eigenvalue weighted by molar-refractivity contribution is 5.79. The van der Waals surface area contributed by atoms with E-state index in [1.165, 1.54) is 0 Å².